The molecule has 0 unspecified atom stereocenters. The number of amides is 2. The number of unbranched alkanes of at least 4 members (excludes halogenated alkanes) is 2. The summed E-state index contributed by atoms with van der Waals surface area (Å²) in [7, 11) is 1.85. The summed E-state index contributed by atoms with van der Waals surface area (Å²) in [5, 5.41) is 2.91. The third-order valence-electron chi connectivity index (χ3n) is 5.44. The van der Waals surface area contributed by atoms with E-state index in [1.165, 1.54) is 0 Å². The lowest BCUT2D eigenvalue weighted by Crippen LogP contribution is -2.30. The van der Waals surface area contributed by atoms with Gasteiger partial charge in [0.2, 0.25) is 11.8 Å². The number of hydrogen-bond acceptors (Lipinski definition) is 3. The van der Waals surface area contributed by atoms with Crippen molar-refractivity contribution in [2.24, 2.45) is 0 Å². The predicted octanol–water partition coefficient (Wildman–Crippen LogP) is 3.93. The molecule has 0 aliphatic rings. The first-order valence-corrected chi connectivity index (χ1v) is 11.1. The molecule has 3 aromatic rings. The molecule has 1 aromatic heterocycles. The topological polar surface area (TPSA) is 67.2 Å². The van der Waals surface area contributed by atoms with Gasteiger partial charge in [-0.05, 0) is 30.5 Å². The molecule has 6 heteroatoms. The minimum atomic E-state index is 0.0653. The van der Waals surface area contributed by atoms with E-state index in [9.17, 15) is 9.59 Å². The van der Waals surface area contributed by atoms with E-state index in [1.54, 1.807) is 4.90 Å². The van der Waals surface area contributed by atoms with Crippen LogP contribution in [0.25, 0.3) is 11.0 Å². The minimum absolute atomic E-state index is 0.0653. The van der Waals surface area contributed by atoms with Crippen LogP contribution < -0.4 is 5.32 Å². The molecule has 0 aliphatic carbocycles. The van der Waals surface area contributed by atoms with Crippen LogP contribution in [-0.2, 0) is 29.1 Å². The fourth-order valence-electron chi connectivity index (χ4n) is 3.63. The minimum Gasteiger partial charge on any atom is -0.356 e. The van der Waals surface area contributed by atoms with E-state index < -0.39 is 0 Å². The molecule has 164 valence electrons. The van der Waals surface area contributed by atoms with E-state index in [0.29, 0.717) is 19.5 Å². The lowest BCUT2D eigenvalue weighted by molar-refractivity contribution is -0.131. The van der Waals surface area contributed by atoms with Gasteiger partial charge in [0.1, 0.15) is 12.4 Å². The monoisotopic (exact) mass is 420 g/mol. The second-order valence-electron chi connectivity index (χ2n) is 7.85. The van der Waals surface area contributed by atoms with Crippen molar-refractivity contribution >= 4 is 22.8 Å². The first-order valence-electron chi connectivity index (χ1n) is 11.1. The Morgan fingerprint density at radius 3 is 2.52 bits per heavy atom. The van der Waals surface area contributed by atoms with Crippen molar-refractivity contribution in [3.8, 4) is 0 Å². The standard InChI is InChI=1S/C25H32N4O2/c1-3-24(30)26-17-11-5-8-16-23-27-21-14-9-10-15-22(21)29(23)19-25(31)28(2)18-20-12-6-4-7-13-20/h4,6-7,9-10,12-15H,3,5,8,11,16-19H2,1-2H3,(H,26,30). The fraction of sp³-hybridized carbons (Fsp3) is 0.400. The van der Waals surface area contributed by atoms with Crippen LogP contribution in [-0.4, -0.2) is 39.9 Å². The van der Waals surface area contributed by atoms with Crippen molar-refractivity contribution in [3.05, 3.63) is 66.0 Å². The quantitative estimate of drug-likeness (QED) is 0.478. The van der Waals surface area contributed by atoms with Crippen LogP contribution >= 0.6 is 0 Å². The molecule has 0 saturated heterocycles. The average Bonchev–Trinajstić information content (AvgIpc) is 3.13. The molecule has 0 bridgehead atoms. The Morgan fingerprint density at radius 1 is 1.00 bits per heavy atom. The highest BCUT2D eigenvalue weighted by Gasteiger charge is 2.16. The van der Waals surface area contributed by atoms with Crippen molar-refractivity contribution in [1.29, 1.82) is 0 Å². The molecule has 0 atom stereocenters. The number of para-hydroxylation sites is 2. The highest BCUT2D eigenvalue weighted by molar-refractivity contribution is 5.81. The van der Waals surface area contributed by atoms with Gasteiger partial charge in [0.15, 0.2) is 0 Å². The molecule has 0 spiro atoms. The Morgan fingerprint density at radius 2 is 1.74 bits per heavy atom. The first-order chi connectivity index (χ1) is 15.1. The summed E-state index contributed by atoms with van der Waals surface area (Å²) < 4.78 is 2.05. The number of likely N-dealkylation sites (N-methyl/N-ethyl adjacent to an activating group) is 1. The molecule has 2 amide bonds. The fourth-order valence-corrected chi connectivity index (χ4v) is 3.63. The number of nitrogens with one attached hydrogen (secondary N) is 1. The van der Waals surface area contributed by atoms with Gasteiger partial charge in [0.25, 0.3) is 0 Å². The number of carbonyl (C=O) groups excluding carboxylic acids is 2. The molecular weight excluding hydrogens is 388 g/mol. The number of aromatic nitrogens is 2. The summed E-state index contributed by atoms with van der Waals surface area (Å²) in [6.07, 6.45) is 4.27. The maximum atomic E-state index is 13.0. The largest absolute Gasteiger partial charge is 0.356 e. The number of rotatable bonds is 11. The Balaban J connectivity index is 1.62. The second kappa shape index (κ2) is 11.3. The Labute approximate surface area is 184 Å². The molecule has 1 heterocycles. The van der Waals surface area contributed by atoms with Crippen LogP contribution in [0.4, 0.5) is 0 Å². The lowest BCUT2D eigenvalue weighted by Gasteiger charge is -2.19. The van der Waals surface area contributed by atoms with Crippen LogP contribution in [0, 0.1) is 0 Å². The highest BCUT2D eigenvalue weighted by Crippen LogP contribution is 2.18. The Hall–Kier alpha value is -3.15. The molecule has 31 heavy (non-hydrogen) atoms. The van der Waals surface area contributed by atoms with E-state index in [1.807, 2.05) is 68.6 Å². The van der Waals surface area contributed by atoms with Crippen molar-refractivity contribution in [3.63, 3.8) is 0 Å². The van der Waals surface area contributed by atoms with Gasteiger partial charge in [-0.2, -0.15) is 0 Å². The van der Waals surface area contributed by atoms with Crippen LogP contribution in [0.5, 0.6) is 0 Å². The van der Waals surface area contributed by atoms with Gasteiger partial charge in [-0.1, -0.05) is 55.8 Å². The normalized spacial score (nSPS) is 10.9. The van der Waals surface area contributed by atoms with E-state index in [2.05, 4.69) is 9.88 Å². The molecule has 1 N–H and O–H groups in total. The number of carbonyl (C=O) groups is 2. The molecule has 0 saturated carbocycles. The maximum absolute atomic E-state index is 13.0. The number of imidazole rings is 1. The third-order valence-corrected chi connectivity index (χ3v) is 5.44. The van der Waals surface area contributed by atoms with Crippen LogP contribution in [0.3, 0.4) is 0 Å². The van der Waals surface area contributed by atoms with Gasteiger partial charge in [0, 0.05) is 33.0 Å². The molecule has 3 rings (SSSR count). The van der Waals surface area contributed by atoms with Gasteiger partial charge in [0.05, 0.1) is 11.0 Å². The summed E-state index contributed by atoms with van der Waals surface area (Å²) in [6, 6.07) is 18.0. The number of aryl methyl sites for hydroxylation is 1. The first kappa shape index (κ1) is 22.5. The van der Waals surface area contributed by atoms with Crippen LogP contribution in [0.1, 0.15) is 44.0 Å². The smallest absolute Gasteiger partial charge is 0.242 e. The Bertz CT molecular complexity index is 997. The van der Waals surface area contributed by atoms with Crippen molar-refractivity contribution < 1.29 is 9.59 Å². The van der Waals surface area contributed by atoms with Gasteiger partial charge >= 0.3 is 0 Å². The van der Waals surface area contributed by atoms with Gasteiger partial charge in [-0.15, -0.1) is 0 Å². The summed E-state index contributed by atoms with van der Waals surface area (Å²) in [6.45, 7) is 3.45. The zero-order chi connectivity index (χ0) is 22.1. The summed E-state index contributed by atoms with van der Waals surface area (Å²) in [5.41, 5.74) is 3.03. The maximum Gasteiger partial charge on any atom is 0.242 e. The van der Waals surface area contributed by atoms with E-state index in [4.69, 9.17) is 4.98 Å². The predicted molar refractivity (Wildman–Crippen MR) is 124 cm³/mol. The molecule has 0 radical (unpaired) electrons. The van der Waals surface area contributed by atoms with Crippen LogP contribution in [0.2, 0.25) is 0 Å². The lowest BCUT2D eigenvalue weighted by atomic mass is 10.2. The SMILES string of the molecule is CCC(=O)NCCCCCc1nc2ccccc2n1CC(=O)N(C)Cc1ccccc1. The Kier molecular flexibility index (Phi) is 8.21. The second-order valence-corrected chi connectivity index (χ2v) is 7.85. The average molecular weight is 421 g/mol. The summed E-state index contributed by atoms with van der Waals surface area (Å²) in [5.74, 6) is 1.11. The zero-order valence-corrected chi connectivity index (χ0v) is 18.5. The number of nitrogens with zero attached hydrogens (tertiary/aromatic N) is 3. The van der Waals surface area contributed by atoms with Gasteiger partial charge < -0.3 is 14.8 Å². The highest BCUT2D eigenvalue weighted by atomic mass is 16.2. The van der Waals surface area contributed by atoms with Crippen molar-refractivity contribution in [2.45, 2.75) is 52.1 Å². The van der Waals surface area contributed by atoms with E-state index in [0.717, 1.165) is 48.1 Å². The number of benzene rings is 2. The van der Waals surface area contributed by atoms with Crippen molar-refractivity contribution in [1.82, 2.24) is 19.8 Å². The summed E-state index contributed by atoms with van der Waals surface area (Å²) in [4.78, 5) is 30.8. The summed E-state index contributed by atoms with van der Waals surface area (Å²) >= 11 is 0. The molecular formula is C25H32N4O2. The van der Waals surface area contributed by atoms with Crippen molar-refractivity contribution in [2.75, 3.05) is 13.6 Å². The zero-order valence-electron chi connectivity index (χ0n) is 18.5. The molecule has 6 nitrogen and oxygen atoms in total. The molecule has 2 aromatic carbocycles. The molecule has 0 fully saturated rings. The van der Waals surface area contributed by atoms with Gasteiger partial charge in [-0.3, -0.25) is 9.59 Å². The van der Waals surface area contributed by atoms with Gasteiger partial charge in [-0.25, -0.2) is 4.98 Å². The number of hydrogen-bond donors (Lipinski definition) is 1. The molecule has 0 aliphatic heterocycles. The van der Waals surface area contributed by atoms with Crippen LogP contribution in [0.15, 0.2) is 54.6 Å². The third kappa shape index (κ3) is 6.41. The van der Waals surface area contributed by atoms with E-state index in [-0.39, 0.29) is 18.4 Å². The number of fused-ring (bicyclic) bond motifs is 1. The van der Waals surface area contributed by atoms with E-state index >= 15 is 0 Å².